The molecule has 2 heterocycles. The molecule has 4 heteroatoms. The van der Waals surface area contributed by atoms with Gasteiger partial charge in [0.15, 0.2) is 0 Å². The number of benzene rings is 1. The van der Waals surface area contributed by atoms with Crippen LogP contribution in [0.3, 0.4) is 0 Å². The van der Waals surface area contributed by atoms with E-state index < -0.39 is 0 Å². The molecule has 2 amide bonds. The van der Waals surface area contributed by atoms with Gasteiger partial charge in [0.25, 0.3) is 0 Å². The second-order valence-electron chi connectivity index (χ2n) is 5.42. The molecular weight excluding hydrogens is 240 g/mol. The molecule has 1 aromatic rings. The molecule has 2 aliphatic heterocycles. The van der Waals surface area contributed by atoms with Gasteiger partial charge in [-0.25, -0.2) is 0 Å². The standard InChI is InChI=1S/C15H18N2O2/c1-11-3-5-13(6-4-11)17-10-12(9-14(17)18)15(19)16-7-2-8-16/h3-6,12H,2,7-10H2,1H3. The molecule has 4 nitrogen and oxygen atoms in total. The van der Waals surface area contributed by atoms with Gasteiger partial charge in [0.05, 0.1) is 5.92 Å². The lowest BCUT2D eigenvalue weighted by Gasteiger charge is -2.32. The van der Waals surface area contributed by atoms with Crippen LogP contribution in [0.1, 0.15) is 18.4 Å². The Morgan fingerprint density at radius 1 is 1.21 bits per heavy atom. The first-order chi connectivity index (χ1) is 9.15. The third kappa shape index (κ3) is 2.23. The van der Waals surface area contributed by atoms with Crippen molar-refractivity contribution in [3.8, 4) is 0 Å². The smallest absolute Gasteiger partial charge is 0.228 e. The number of nitrogens with zero attached hydrogens (tertiary/aromatic N) is 2. The van der Waals surface area contributed by atoms with Crippen LogP contribution >= 0.6 is 0 Å². The number of rotatable bonds is 2. The van der Waals surface area contributed by atoms with Gasteiger partial charge in [0, 0.05) is 31.7 Å². The molecule has 3 rings (SSSR count). The minimum absolute atomic E-state index is 0.0581. The molecule has 1 unspecified atom stereocenters. The molecule has 0 aromatic heterocycles. The molecule has 1 atom stereocenters. The Morgan fingerprint density at radius 3 is 2.47 bits per heavy atom. The molecule has 1 aromatic carbocycles. The summed E-state index contributed by atoms with van der Waals surface area (Å²) in [6.07, 6.45) is 1.44. The van der Waals surface area contributed by atoms with Crippen LogP contribution in [0, 0.1) is 12.8 Å². The summed E-state index contributed by atoms with van der Waals surface area (Å²) in [7, 11) is 0. The largest absolute Gasteiger partial charge is 0.342 e. The SMILES string of the molecule is Cc1ccc(N2CC(C(=O)N3CCC3)CC2=O)cc1. The first-order valence-corrected chi connectivity index (χ1v) is 6.81. The Labute approximate surface area is 113 Å². The molecule has 0 saturated carbocycles. The maximum Gasteiger partial charge on any atom is 0.228 e. The van der Waals surface area contributed by atoms with Crippen LogP contribution in [0.2, 0.25) is 0 Å². The van der Waals surface area contributed by atoms with Crippen molar-refractivity contribution in [1.82, 2.24) is 4.90 Å². The second-order valence-corrected chi connectivity index (χ2v) is 5.42. The van der Waals surface area contributed by atoms with E-state index in [2.05, 4.69) is 0 Å². The summed E-state index contributed by atoms with van der Waals surface area (Å²) in [5, 5.41) is 0. The number of carbonyl (C=O) groups excluding carboxylic acids is 2. The lowest BCUT2D eigenvalue weighted by atomic mass is 10.0. The Hall–Kier alpha value is -1.84. The number of aryl methyl sites for hydroxylation is 1. The van der Waals surface area contributed by atoms with Gasteiger partial charge in [0.2, 0.25) is 11.8 Å². The van der Waals surface area contributed by atoms with Crippen LogP contribution in [0.15, 0.2) is 24.3 Å². The second kappa shape index (κ2) is 4.68. The third-order valence-electron chi connectivity index (χ3n) is 3.99. The van der Waals surface area contributed by atoms with Gasteiger partial charge < -0.3 is 9.80 Å². The Kier molecular flexibility index (Phi) is 3.01. The van der Waals surface area contributed by atoms with E-state index in [0.717, 1.165) is 25.2 Å². The number of likely N-dealkylation sites (tertiary alicyclic amines) is 1. The summed E-state index contributed by atoms with van der Waals surface area (Å²) in [6, 6.07) is 7.88. The first-order valence-electron chi connectivity index (χ1n) is 6.81. The van der Waals surface area contributed by atoms with Crippen molar-refractivity contribution in [1.29, 1.82) is 0 Å². The molecule has 0 N–H and O–H groups in total. The topological polar surface area (TPSA) is 40.6 Å². The first kappa shape index (κ1) is 12.2. The number of anilines is 1. The van der Waals surface area contributed by atoms with Gasteiger partial charge in [-0.2, -0.15) is 0 Å². The third-order valence-corrected chi connectivity index (χ3v) is 3.99. The Bertz CT molecular complexity index is 505. The van der Waals surface area contributed by atoms with Crippen molar-refractivity contribution in [3.05, 3.63) is 29.8 Å². The Balaban J connectivity index is 1.72. The fraction of sp³-hybridized carbons (Fsp3) is 0.467. The van der Waals surface area contributed by atoms with Crippen LogP contribution in [0.5, 0.6) is 0 Å². The lowest BCUT2D eigenvalue weighted by Crippen LogP contribution is -2.45. The monoisotopic (exact) mass is 258 g/mol. The highest BCUT2D eigenvalue weighted by molar-refractivity contribution is 6.00. The van der Waals surface area contributed by atoms with Gasteiger partial charge >= 0.3 is 0 Å². The van der Waals surface area contributed by atoms with Crippen LogP contribution in [-0.4, -0.2) is 36.3 Å². The van der Waals surface area contributed by atoms with Gasteiger partial charge in [-0.15, -0.1) is 0 Å². The lowest BCUT2D eigenvalue weighted by molar-refractivity contribution is -0.139. The van der Waals surface area contributed by atoms with Gasteiger partial charge in [-0.1, -0.05) is 17.7 Å². The average molecular weight is 258 g/mol. The zero-order valence-electron chi connectivity index (χ0n) is 11.1. The van der Waals surface area contributed by atoms with Crippen molar-refractivity contribution in [2.45, 2.75) is 19.8 Å². The number of hydrogen-bond acceptors (Lipinski definition) is 2. The molecule has 0 spiro atoms. The summed E-state index contributed by atoms with van der Waals surface area (Å²) in [6.45, 7) is 4.26. The van der Waals surface area contributed by atoms with E-state index in [4.69, 9.17) is 0 Å². The molecule has 2 saturated heterocycles. The Morgan fingerprint density at radius 2 is 1.89 bits per heavy atom. The van der Waals surface area contributed by atoms with E-state index >= 15 is 0 Å². The highest BCUT2D eigenvalue weighted by Gasteiger charge is 2.38. The highest BCUT2D eigenvalue weighted by atomic mass is 16.2. The van der Waals surface area contributed by atoms with Crippen molar-refractivity contribution in [2.24, 2.45) is 5.92 Å². The summed E-state index contributed by atoms with van der Waals surface area (Å²) in [4.78, 5) is 27.8. The quantitative estimate of drug-likeness (QED) is 0.808. The number of hydrogen-bond donors (Lipinski definition) is 0. The fourth-order valence-electron chi connectivity index (χ4n) is 2.64. The maximum atomic E-state index is 12.2. The van der Waals surface area contributed by atoms with Crippen molar-refractivity contribution in [3.63, 3.8) is 0 Å². The van der Waals surface area contributed by atoms with Gasteiger partial charge in [0.1, 0.15) is 0 Å². The normalized spacial score (nSPS) is 22.6. The van der Waals surface area contributed by atoms with E-state index in [-0.39, 0.29) is 17.7 Å². The summed E-state index contributed by atoms with van der Waals surface area (Å²) in [5.74, 6) is 0.0473. The molecule has 2 aliphatic rings. The minimum atomic E-state index is -0.158. The van der Waals surface area contributed by atoms with Crippen LogP contribution in [0.25, 0.3) is 0 Å². The van der Waals surface area contributed by atoms with Crippen LogP contribution in [0.4, 0.5) is 5.69 Å². The molecule has 19 heavy (non-hydrogen) atoms. The molecule has 0 bridgehead atoms. The van der Waals surface area contributed by atoms with Gasteiger partial charge in [-0.3, -0.25) is 9.59 Å². The predicted molar refractivity (Wildman–Crippen MR) is 72.8 cm³/mol. The van der Waals surface area contributed by atoms with Gasteiger partial charge in [-0.05, 0) is 25.5 Å². The van der Waals surface area contributed by atoms with E-state index in [1.165, 1.54) is 5.56 Å². The summed E-state index contributed by atoms with van der Waals surface area (Å²) in [5.41, 5.74) is 2.07. The summed E-state index contributed by atoms with van der Waals surface area (Å²) >= 11 is 0. The maximum absolute atomic E-state index is 12.2. The van der Waals surface area contributed by atoms with E-state index in [9.17, 15) is 9.59 Å². The molecular formula is C15H18N2O2. The summed E-state index contributed by atoms with van der Waals surface area (Å²) < 4.78 is 0. The fourth-order valence-corrected chi connectivity index (χ4v) is 2.64. The molecule has 0 radical (unpaired) electrons. The van der Waals surface area contributed by atoms with Crippen molar-refractivity contribution < 1.29 is 9.59 Å². The van der Waals surface area contributed by atoms with Crippen molar-refractivity contribution in [2.75, 3.05) is 24.5 Å². The predicted octanol–water partition coefficient (Wildman–Crippen LogP) is 1.58. The van der Waals surface area contributed by atoms with E-state index in [0.29, 0.717) is 13.0 Å². The average Bonchev–Trinajstić information content (AvgIpc) is 2.70. The highest BCUT2D eigenvalue weighted by Crippen LogP contribution is 2.27. The van der Waals surface area contributed by atoms with Crippen molar-refractivity contribution >= 4 is 17.5 Å². The number of amides is 2. The van der Waals surface area contributed by atoms with E-state index in [1.807, 2.05) is 36.1 Å². The molecule has 100 valence electrons. The van der Waals surface area contributed by atoms with Crippen LogP contribution in [-0.2, 0) is 9.59 Å². The zero-order valence-corrected chi connectivity index (χ0v) is 11.1. The molecule has 2 fully saturated rings. The molecule has 0 aliphatic carbocycles. The minimum Gasteiger partial charge on any atom is -0.342 e. The number of carbonyl (C=O) groups is 2. The van der Waals surface area contributed by atoms with E-state index in [1.54, 1.807) is 4.90 Å². The zero-order chi connectivity index (χ0) is 13.4. The van der Waals surface area contributed by atoms with Crippen LogP contribution < -0.4 is 4.90 Å².